The highest BCUT2D eigenvalue weighted by molar-refractivity contribution is 7.09. The minimum absolute atomic E-state index is 0.0155. The zero-order chi connectivity index (χ0) is 23.3. The van der Waals surface area contributed by atoms with Crippen molar-refractivity contribution in [3.63, 3.8) is 0 Å². The number of nitrogens with one attached hydrogen (secondary N) is 1. The van der Waals surface area contributed by atoms with Gasteiger partial charge in [0.15, 0.2) is 5.69 Å². The molecule has 172 valence electrons. The monoisotopic (exact) mass is 461 g/mol. The van der Waals surface area contributed by atoms with Crippen molar-refractivity contribution >= 4 is 40.6 Å². The third kappa shape index (κ3) is 5.24. The fourth-order valence-electron chi connectivity index (χ4n) is 3.95. The number of nitrogens with two attached hydrogens (primary N) is 2. The van der Waals surface area contributed by atoms with E-state index in [1.165, 1.54) is 23.1 Å². The van der Waals surface area contributed by atoms with E-state index in [9.17, 15) is 18.8 Å². The standard InChI is InChI=1S/C22H28FN5O3S/c1-2-3-11-16(21(30)26-14-8-4-5-9-14)28(15-10-6-7-13(23)12-15)22(31)19-17(24)18(20(25)29)27-32-19/h6-7,10,12,14,16H,2-5,8-9,11,24H2,1H3,(H2,25,29)(H,26,30)/t16-/m0/s1. The number of hydrogen-bond donors (Lipinski definition) is 3. The summed E-state index contributed by atoms with van der Waals surface area (Å²) in [6.07, 6.45) is 5.76. The Labute approximate surface area is 190 Å². The summed E-state index contributed by atoms with van der Waals surface area (Å²) in [4.78, 5) is 39.8. The van der Waals surface area contributed by atoms with Crippen LogP contribution in [-0.2, 0) is 4.79 Å². The first-order valence-corrected chi connectivity index (χ1v) is 11.5. The van der Waals surface area contributed by atoms with Crippen molar-refractivity contribution in [2.75, 3.05) is 10.6 Å². The number of amides is 3. The smallest absolute Gasteiger partial charge is 0.272 e. The number of carbonyl (C=O) groups is 3. The lowest BCUT2D eigenvalue weighted by Gasteiger charge is -2.32. The quantitative estimate of drug-likeness (QED) is 0.528. The second-order valence-electron chi connectivity index (χ2n) is 7.94. The SMILES string of the molecule is CCCC[C@@H](C(=O)NC1CCCC1)N(C(=O)c1snc(C(N)=O)c1N)c1cccc(F)c1. The summed E-state index contributed by atoms with van der Waals surface area (Å²) in [6, 6.07) is 4.69. The van der Waals surface area contributed by atoms with Crippen LogP contribution in [0.15, 0.2) is 24.3 Å². The van der Waals surface area contributed by atoms with E-state index in [0.717, 1.165) is 43.6 Å². The van der Waals surface area contributed by atoms with Gasteiger partial charge < -0.3 is 16.8 Å². The van der Waals surface area contributed by atoms with Crippen LogP contribution in [0.3, 0.4) is 0 Å². The molecule has 0 saturated heterocycles. The van der Waals surface area contributed by atoms with Gasteiger partial charge in [0.05, 0.1) is 5.69 Å². The molecule has 1 aliphatic rings. The maximum absolute atomic E-state index is 14.1. The summed E-state index contributed by atoms with van der Waals surface area (Å²) in [7, 11) is 0. The van der Waals surface area contributed by atoms with Gasteiger partial charge in [-0.3, -0.25) is 19.3 Å². The van der Waals surface area contributed by atoms with E-state index in [0.29, 0.717) is 12.8 Å². The largest absolute Gasteiger partial charge is 0.395 e. The van der Waals surface area contributed by atoms with E-state index in [-0.39, 0.29) is 33.9 Å². The minimum atomic E-state index is -0.872. The van der Waals surface area contributed by atoms with Crippen LogP contribution < -0.4 is 21.7 Å². The molecule has 1 aromatic heterocycles. The maximum atomic E-state index is 14.1. The van der Waals surface area contributed by atoms with Crippen LogP contribution in [0, 0.1) is 5.82 Å². The highest BCUT2D eigenvalue weighted by Crippen LogP contribution is 2.29. The van der Waals surface area contributed by atoms with Gasteiger partial charge in [0, 0.05) is 11.7 Å². The van der Waals surface area contributed by atoms with Crippen molar-refractivity contribution in [1.82, 2.24) is 9.69 Å². The highest BCUT2D eigenvalue weighted by atomic mass is 32.1. The number of unbranched alkanes of at least 4 members (excludes halogenated alkanes) is 1. The van der Waals surface area contributed by atoms with Gasteiger partial charge in [-0.1, -0.05) is 38.7 Å². The van der Waals surface area contributed by atoms with E-state index in [2.05, 4.69) is 9.69 Å². The van der Waals surface area contributed by atoms with Gasteiger partial charge in [-0.2, -0.15) is 4.37 Å². The van der Waals surface area contributed by atoms with Crippen LogP contribution in [0.25, 0.3) is 0 Å². The molecule has 1 aromatic carbocycles. The number of carbonyl (C=O) groups excluding carboxylic acids is 3. The molecule has 5 N–H and O–H groups in total. The van der Waals surface area contributed by atoms with Crippen LogP contribution >= 0.6 is 11.5 Å². The molecule has 0 unspecified atom stereocenters. The van der Waals surface area contributed by atoms with Gasteiger partial charge in [-0.15, -0.1) is 0 Å². The third-order valence-corrected chi connectivity index (χ3v) is 6.46. The Bertz CT molecular complexity index is 990. The number of anilines is 2. The molecule has 10 heteroatoms. The first-order chi connectivity index (χ1) is 15.3. The van der Waals surface area contributed by atoms with E-state index in [1.54, 1.807) is 6.07 Å². The zero-order valence-electron chi connectivity index (χ0n) is 18.0. The number of halogens is 1. The molecule has 0 aliphatic heterocycles. The lowest BCUT2D eigenvalue weighted by atomic mass is 10.0. The van der Waals surface area contributed by atoms with E-state index < -0.39 is 23.7 Å². The molecule has 0 bridgehead atoms. The Balaban J connectivity index is 2.03. The topological polar surface area (TPSA) is 131 Å². The maximum Gasteiger partial charge on any atom is 0.272 e. The Morgan fingerprint density at radius 1 is 1.31 bits per heavy atom. The summed E-state index contributed by atoms with van der Waals surface area (Å²) in [6.45, 7) is 1.99. The van der Waals surface area contributed by atoms with E-state index in [4.69, 9.17) is 11.5 Å². The Kier molecular flexibility index (Phi) is 7.79. The molecule has 3 rings (SSSR count). The van der Waals surface area contributed by atoms with Crippen LogP contribution in [0.2, 0.25) is 0 Å². The predicted octanol–water partition coefficient (Wildman–Crippen LogP) is 3.23. The molecule has 1 atom stereocenters. The Morgan fingerprint density at radius 2 is 2.03 bits per heavy atom. The van der Waals surface area contributed by atoms with Crippen molar-refractivity contribution in [2.45, 2.75) is 64.0 Å². The fraction of sp³-hybridized carbons (Fsp3) is 0.455. The average Bonchev–Trinajstić information content (AvgIpc) is 3.40. The molecule has 1 heterocycles. The number of nitrogen functional groups attached to an aromatic ring is 1. The van der Waals surface area contributed by atoms with Gasteiger partial charge in [0.1, 0.15) is 16.7 Å². The summed E-state index contributed by atoms with van der Waals surface area (Å²) < 4.78 is 18.0. The minimum Gasteiger partial charge on any atom is -0.395 e. The molecule has 2 aromatic rings. The number of primary amides is 1. The second kappa shape index (κ2) is 10.5. The van der Waals surface area contributed by atoms with Gasteiger partial charge in [0.25, 0.3) is 11.8 Å². The Morgan fingerprint density at radius 3 is 2.62 bits per heavy atom. The summed E-state index contributed by atoms with van der Waals surface area (Å²) in [5.41, 5.74) is 11.2. The van der Waals surface area contributed by atoms with Crippen LogP contribution in [0.1, 0.15) is 72.0 Å². The predicted molar refractivity (Wildman–Crippen MR) is 122 cm³/mol. The second-order valence-corrected chi connectivity index (χ2v) is 8.71. The van der Waals surface area contributed by atoms with E-state index >= 15 is 0 Å². The first kappa shape index (κ1) is 23.6. The lowest BCUT2D eigenvalue weighted by Crippen LogP contribution is -2.52. The van der Waals surface area contributed by atoms with Crippen molar-refractivity contribution in [2.24, 2.45) is 5.73 Å². The van der Waals surface area contributed by atoms with Crippen LogP contribution in [0.4, 0.5) is 15.8 Å². The van der Waals surface area contributed by atoms with Gasteiger partial charge in [0.2, 0.25) is 5.91 Å². The highest BCUT2D eigenvalue weighted by Gasteiger charge is 2.35. The molecular weight excluding hydrogens is 433 g/mol. The van der Waals surface area contributed by atoms with Crippen molar-refractivity contribution in [3.05, 3.63) is 40.7 Å². The number of rotatable bonds is 9. The molecule has 0 spiro atoms. The lowest BCUT2D eigenvalue weighted by molar-refractivity contribution is -0.123. The van der Waals surface area contributed by atoms with Crippen LogP contribution in [0.5, 0.6) is 0 Å². The molecule has 1 aliphatic carbocycles. The molecule has 8 nitrogen and oxygen atoms in total. The molecular formula is C22H28FN5O3S. The third-order valence-electron chi connectivity index (χ3n) is 5.61. The number of hydrogen-bond acceptors (Lipinski definition) is 6. The van der Waals surface area contributed by atoms with Crippen molar-refractivity contribution in [3.8, 4) is 0 Å². The van der Waals surface area contributed by atoms with E-state index in [1.807, 2.05) is 6.92 Å². The summed E-state index contributed by atoms with van der Waals surface area (Å²) >= 11 is 0.733. The molecule has 32 heavy (non-hydrogen) atoms. The summed E-state index contributed by atoms with van der Waals surface area (Å²) in [5.74, 6) is -2.31. The Hall–Kier alpha value is -3.01. The molecule has 1 saturated carbocycles. The zero-order valence-corrected chi connectivity index (χ0v) is 18.8. The van der Waals surface area contributed by atoms with Gasteiger partial charge >= 0.3 is 0 Å². The molecule has 3 amide bonds. The molecule has 1 fully saturated rings. The first-order valence-electron chi connectivity index (χ1n) is 10.8. The van der Waals surface area contributed by atoms with Crippen LogP contribution in [-0.4, -0.2) is 34.2 Å². The van der Waals surface area contributed by atoms with Gasteiger partial charge in [-0.25, -0.2) is 4.39 Å². The normalized spacial score (nSPS) is 14.8. The average molecular weight is 462 g/mol. The number of benzene rings is 1. The number of nitrogens with zero attached hydrogens (tertiary/aromatic N) is 2. The fourth-order valence-corrected chi connectivity index (χ4v) is 4.69. The van der Waals surface area contributed by atoms with Gasteiger partial charge in [-0.05, 0) is 49.0 Å². The molecule has 0 radical (unpaired) electrons. The summed E-state index contributed by atoms with van der Waals surface area (Å²) in [5, 5.41) is 3.05. The number of aromatic nitrogens is 1. The van der Waals surface area contributed by atoms with Crippen molar-refractivity contribution in [1.29, 1.82) is 0 Å². The van der Waals surface area contributed by atoms with Crippen molar-refractivity contribution < 1.29 is 18.8 Å².